The van der Waals surface area contributed by atoms with Crippen LogP contribution in [0.25, 0.3) is 0 Å². The average Bonchev–Trinajstić information content (AvgIpc) is 2.58. The molecule has 10 atom stereocenters. The molecule has 10 heteroatoms. The molecule has 0 amide bonds. The summed E-state index contributed by atoms with van der Waals surface area (Å²) in [5.41, 5.74) is 0. The second kappa shape index (κ2) is 8.32. The summed E-state index contributed by atoms with van der Waals surface area (Å²) in [5.74, 6) is -0.887. The Morgan fingerprint density at radius 3 is 1.79 bits per heavy atom. The number of methoxy groups -OCH3 is 1. The van der Waals surface area contributed by atoms with Crippen LogP contribution in [0, 0.1) is 5.92 Å². The summed E-state index contributed by atoms with van der Waals surface area (Å²) < 4.78 is 15.6. The number of ether oxygens (including phenoxy) is 3. The molecule has 2 aliphatic heterocycles. The topological polar surface area (TPSA) is 169 Å². The maximum absolute atomic E-state index is 10.3. The minimum absolute atomic E-state index is 0.108. The first-order valence-electron chi connectivity index (χ1n) is 7.81. The quantitative estimate of drug-likeness (QED) is 0.258. The Hall–Kier alpha value is -0.400. The molecule has 0 unspecified atom stereocenters. The fourth-order valence-electron chi connectivity index (χ4n) is 3.28. The Morgan fingerprint density at radius 2 is 1.25 bits per heavy atom. The van der Waals surface area contributed by atoms with E-state index in [1.54, 1.807) is 0 Å². The van der Waals surface area contributed by atoms with Gasteiger partial charge in [-0.2, -0.15) is 0 Å². The van der Waals surface area contributed by atoms with Gasteiger partial charge in [-0.25, -0.2) is 0 Å². The minimum atomic E-state index is -1.54. The summed E-state index contributed by atoms with van der Waals surface area (Å²) in [6.07, 6.45) is -11.3. The molecule has 24 heavy (non-hydrogen) atoms. The van der Waals surface area contributed by atoms with E-state index in [4.69, 9.17) is 14.2 Å². The van der Waals surface area contributed by atoms with Crippen LogP contribution in [0.1, 0.15) is 6.42 Å². The van der Waals surface area contributed by atoms with Gasteiger partial charge < -0.3 is 50.0 Å². The van der Waals surface area contributed by atoms with Crippen molar-refractivity contribution in [3.63, 3.8) is 0 Å². The zero-order valence-electron chi connectivity index (χ0n) is 13.3. The Bertz CT molecular complexity index is 378. The van der Waals surface area contributed by atoms with E-state index in [0.717, 1.165) is 0 Å². The smallest absolute Gasteiger partial charge is 0.184 e. The summed E-state index contributed by atoms with van der Waals surface area (Å²) in [7, 11) is 1.30. The van der Waals surface area contributed by atoms with Gasteiger partial charge in [0.1, 0.15) is 36.6 Å². The summed E-state index contributed by atoms with van der Waals surface area (Å²) >= 11 is 0. The van der Waals surface area contributed by atoms with Gasteiger partial charge in [-0.05, 0) is 6.42 Å². The molecule has 0 aromatic rings. The highest BCUT2D eigenvalue weighted by molar-refractivity contribution is 4.96. The van der Waals surface area contributed by atoms with E-state index in [0.29, 0.717) is 0 Å². The van der Waals surface area contributed by atoms with Crippen molar-refractivity contribution in [1.29, 1.82) is 0 Å². The van der Waals surface area contributed by atoms with Crippen molar-refractivity contribution in [1.82, 2.24) is 0 Å². The van der Waals surface area contributed by atoms with Gasteiger partial charge in [-0.3, -0.25) is 0 Å². The molecule has 2 aliphatic rings. The monoisotopic (exact) mass is 354 g/mol. The van der Waals surface area contributed by atoms with E-state index in [2.05, 4.69) is 0 Å². The third kappa shape index (κ3) is 3.73. The fraction of sp³-hybridized carbons (Fsp3) is 1.00. The van der Waals surface area contributed by atoms with Gasteiger partial charge in [0.05, 0.1) is 25.4 Å². The van der Waals surface area contributed by atoms with Crippen molar-refractivity contribution in [3.05, 3.63) is 0 Å². The molecule has 0 saturated carbocycles. The first-order valence-corrected chi connectivity index (χ1v) is 7.81. The van der Waals surface area contributed by atoms with Gasteiger partial charge in [-0.15, -0.1) is 0 Å². The van der Waals surface area contributed by atoms with Gasteiger partial charge in [0, 0.05) is 13.0 Å². The number of hydrogen-bond donors (Lipinski definition) is 7. The molecule has 7 N–H and O–H groups in total. The Labute approximate surface area is 138 Å². The SMILES string of the molecule is CO[C@@H]1O[C@H](CO)[C@@H](O)[C@H](C[C@H]2O[C@H](CO)[C@@H](O)[C@H](O)[C@H]2O)[C@H]1O. The van der Waals surface area contributed by atoms with Crippen LogP contribution in [0.5, 0.6) is 0 Å². The van der Waals surface area contributed by atoms with Gasteiger partial charge in [0.15, 0.2) is 6.29 Å². The van der Waals surface area contributed by atoms with Crippen LogP contribution in [0.3, 0.4) is 0 Å². The maximum Gasteiger partial charge on any atom is 0.184 e. The predicted octanol–water partition coefficient (Wildman–Crippen LogP) is -4.08. The van der Waals surface area contributed by atoms with Gasteiger partial charge in [-0.1, -0.05) is 0 Å². The summed E-state index contributed by atoms with van der Waals surface area (Å²) in [6.45, 7) is -1.07. The van der Waals surface area contributed by atoms with Crippen LogP contribution in [0.15, 0.2) is 0 Å². The molecule has 2 fully saturated rings. The molecule has 2 heterocycles. The normalized spacial score (nSPS) is 50.0. The zero-order chi connectivity index (χ0) is 18.0. The Kier molecular flexibility index (Phi) is 6.90. The Morgan fingerprint density at radius 1 is 0.708 bits per heavy atom. The highest BCUT2D eigenvalue weighted by Crippen LogP contribution is 2.33. The van der Waals surface area contributed by atoms with Gasteiger partial charge >= 0.3 is 0 Å². The second-order valence-corrected chi connectivity index (χ2v) is 6.21. The lowest BCUT2D eigenvalue weighted by Crippen LogP contribution is -2.61. The number of aliphatic hydroxyl groups excluding tert-OH is 7. The number of rotatable bonds is 5. The van der Waals surface area contributed by atoms with Gasteiger partial charge in [0.2, 0.25) is 0 Å². The molecule has 0 spiro atoms. The van der Waals surface area contributed by atoms with Crippen molar-refractivity contribution >= 4 is 0 Å². The van der Waals surface area contributed by atoms with Crippen LogP contribution >= 0.6 is 0 Å². The van der Waals surface area contributed by atoms with Crippen LogP contribution in [0.2, 0.25) is 0 Å². The third-order valence-electron chi connectivity index (χ3n) is 4.75. The molecule has 0 aliphatic carbocycles. The van der Waals surface area contributed by atoms with Crippen molar-refractivity contribution in [2.75, 3.05) is 20.3 Å². The molecule has 2 saturated heterocycles. The summed E-state index contributed by atoms with van der Waals surface area (Å²) in [5, 5.41) is 68.7. The van der Waals surface area contributed by atoms with E-state index >= 15 is 0 Å². The van der Waals surface area contributed by atoms with Crippen LogP contribution < -0.4 is 0 Å². The lowest BCUT2D eigenvalue weighted by molar-refractivity contribution is -0.293. The van der Waals surface area contributed by atoms with E-state index in [1.807, 2.05) is 0 Å². The maximum atomic E-state index is 10.3. The van der Waals surface area contributed by atoms with Crippen molar-refractivity contribution in [2.45, 2.75) is 61.5 Å². The minimum Gasteiger partial charge on any atom is -0.394 e. The number of hydrogen-bond acceptors (Lipinski definition) is 10. The highest BCUT2D eigenvalue weighted by Gasteiger charge is 2.49. The standard InChI is InChI=1S/C14H26O10/c1-22-14-10(18)5(9(17)7(3-15)24-14)2-6-11(19)13(21)12(20)8(4-16)23-6/h5-21H,2-4H2,1H3/t5-,6+,7+,8+,9-,10+,11-,12+,13+,14+/m0/s1. The summed E-state index contributed by atoms with van der Waals surface area (Å²) in [4.78, 5) is 0. The highest BCUT2D eigenvalue weighted by atomic mass is 16.7. The van der Waals surface area contributed by atoms with E-state index in [9.17, 15) is 35.7 Å². The molecule has 0 radical (unpaired) electrons. The first kappa shape index (κ1) is 19.9. The molecular formula is C14H26O10. The molecule has 0 aromatic carbocycles. The van der Waals surface area contributed by atoms with E-state index in [-0.39, 0.29) is 6.42 Å². The number of aliphatic hydroxyl groups is 7. The van der Waals surface area contributed by atoms with Crippen LogP contribution in [0.4, 0.5) is 0 Å². The predicted molar refractivity (Wildman–Crippen MR) is 76.6 cm³/mol. The molecule has 142 valence electrons. The molecular weight excluding hydrogens is 328 g/mol. The lowest BCUT2D eigenvalue weighted by Gasteiger charge is -2.45. The second-order valence-electron chi connectivity index (χ2n) is 6.21. The average molecular weight is 354 g/mol. The van der Waals surface area contributed by atoms with E-state index < -0.39 is 74.3 Å². The van der Waals surface area contributed by atoms with E-state index in [1.165, 1.54) is 7.11 Å². The molecule has 0 aromatic heterocycles. The van der Waals surface area contributed by atoms with Crippen molar-refractivity contribution in [3.8, 4) is 0 Å². The third-order valence-corrected chi connectivity index (χ3v) is 4.75. The van der Waals surface area contributed by atoms with Crippen molar-refractivity contribution < 1.29 is 50.0 Å². The van der Waals surface area contributed by atoms with Crippen LogP contribution in [-0.2, 0) is 14.2 Å². The largest absolute Gasteiger partial charge is 0.394 e. The Balaban J connectivity index is 2.14. The lowest BCUT2D eigenvalue weighted by atomic mass is 9.81. The first-order chi connectivity index (χ1) is 11.3. The fourth-order valence-corrected chi connectivity index (χ4v) is 3.28. The molecule has 0 bridgehead atoms. The van der Waals surface area contributed by atoms with Crippen molar-refractivity contribution in [2.24, 2.45) is 5.92 Å². The van der Waals surface area contributed by atoms with Crippen LogP contribution in [-0.4, -0.2) is 111 Å². The molecule has 10 nitrogen and oxygen atoms in total. The zero-order valence-corrected chi connectivity index (χ0v) is 13.3. The summed E-state index contributed by atoms with van der Waals surface area (Å²) in [6, 6.07) is 0. The van der Waals surface area contributed by atoms with Gasteiger partial charge in [0.25, 0.3) is 0 Å². The molecule has 2 rings (SSSR count).